The SMILES string of the molecule is CN=C(NCc1ccoc1)N(C)CCc1cccs1. The molecule has 0 aliphatic heterocycles. The first-order valence-electron chi connectivity index (χ1n) is 6.25. The van der Waals surface area contributed by atoms with Crippen molar-refractivity contribution < 1.29 is 4.42 Å². The predicted molar refractivity (Wildman–Crippen MR) is 79.6 cm³/mol. The van der Waals surface area contributed by atoms with Gasteiger partial charge in [-0.05, 0) is 23.9 Å². The van der Waals surface area contributed by atoms with E-state index in [9.17, 15) is 0 Å². The maximum Gasteiger partial charge on any atom is 0.193 e. The van der Waals surface area contributed by atoms with E-state index in [1.54, 1.807) is 30.9 Å². The Morgan fingerprint density at radius 2 is 2.37 bits per heavy atom. The molecule has 4 nitrogen and oxygen atoms in total. The van der Waals surface area contributed by atoms with E-state index in [0.29, 0.717) is 0 Å². The number of nitrogens with zero attached hydrogens (tertiary/aromatic N) is 2. The maximum atomic E-state index is 5.05. The molecular formula is C14H19N3OS. The minimum Gasteiger partial charge on any atom is -0.472 e. The van der Waals surface area contributed by atoms with Crippen molar-refractivity contribution in [2.45, 2.75) is 13.0 Å². The van der Waals surface area contributed by atoms with Crippen LogP contribution in [0.1, 0.15) is 10.4 Å². The summed E-state index contributed by atoms with van der Waals surface area (Å²) in [6.07, 6.45) is 4.47. The summed E-state index contributed by atoms with van der Waals surface area (Å²) in [7, 11) is 3.86. The summed E-state index contributed by atoms with van der Waals surface area (Å²) in [5, 5.41) is 5.43. The van der Waals surface area contributed by atoms with Crippen LogP contribution in [0.5, 0.6) is 0 Å². The average molecular weight is 277 g/mol. The zero-order valence-electron chi connectivity index (χ0n) is 11.3. The van der Waals surface area contributed by atoms with Crippen molar-refractivity contribution in [1.29, 1.82) is 0 Å². The standard InChI is InChI=1S/C14H19N3OS/c1-15-14(16-10-12-6-8-18-11-12)17(2)7-5-13-4-3-9-19-13/h3-4,6,8-9,11H,5,7,10H2,1-2H3,(H,15,16). The first-order valence-corrected chi connectivity index (χ1v) is 7.13. The quantitative estimate of drug-likeness (QED) is 0.674. The van der Waals surface area contributed by atoms with Gasteiger partial charge in [0, 0.05) is 37.6 Å². The minimum absolute atomic E-state index is 0.729. The van der Waals surface area contributed by atoms with E-state index < -0.39 is 0 Å². The van der Waals surface area contributed by atoms with Gasteiger partial charge in [-0.25, -0.2) is 0 Å². The molecule has 0 amide bonds. The smallest absolute Gasteiger partial charge is 0.193 e. The highest BCUT2D eigenvalue weighted by Gasteiger charge is 2.06. The zero-order chi connectivity index (χ0) is 13.5. The van der Waals surface area contributed by atoms with Crippen molar-refractivity contribution in [3.8, 4) is 0 Å². The fourth-order valence-electron chi connectivity index (χ4n) is 1.80. The summed E-state index contributed by atoms with van der Waals surface area (Å²) in [5.74, 6) is 0.901. The van der Waals surface area contributed by atoms with Gasteiger partial charge in [-0.15, -0.1) is 11.3 Å². The van der Waals surface area contributed by atoms with Crippen LogP contribution in [0.4, 0.5) is 0 Å². The van der Waals surface area contributed by atoms with Crippen LogP contribution in [0.2, 0.25) is 0 Å². The van der Waals surface area contributed by atoms with Gasteiger partial charge in [0.15, 0.2) is 5.96 Å². The topological polar surface area (TPSA) is 40.8 Å². The number of hydrogen-bond donors (Lipinski definition) is 1. The van der Waals surface area contributed by atoms with Gasteiger partial charge in [0.1, 0.15) is 0 Å². The number of guanidine groups is 1. The predicted octanol–water partition coefficient (Wildman–Crippen LogP) is 2.59. The van der Waals surface area contributed by atoms with E-state index in [2.05, 4.69) is 39.8 Å². The molecule has 2 heterocycles. The first-order chi connectivity index (χ1) is 9.29. The van der Waals surface area contributed by atoms with Crippen molar-refractivity contribution in [1.82, 2.24) is 10.2 Å². The monoisotopic (exact) mass is 277 g/mol. The summed E-state index contributed by atoms with van der Waals surface area (Å²) < 4.78 is 5.05. The Morgan fingerprint density at radius 1 is 1.47 bits per heavy atom. The third-order valence-corrected chi connectivity index (χ3v) is 3.81. The minimum atomic E-state index is 0.729. The second-order valence-corrected chi connectivity index (χ2v) is 5.32. The molecule has 0 saturated carbocycles. The summed E-state index contributed by atoms with van der Waals surface area (Å²) in [6.45, 7) is 1.68. The Balaban J connectivity index is 1.80. The van der Waals surface area contributed by atoms with Gasteiger partial charge in [0.05, 0.1) is 12.5 Å². The number of nitrogens with one attached hydrogen (secondary N) is 1. The van der Waals surface area contributed by atoms with Gasteiger partial charge in [-0.1, -0.05) is 6.07 Å². The van der Waals surface area contributed by atoms with Crippen molar-refractivity contribution in [3.05, 3.63) is 46.5 Å². The number of likely N-dealkylation sites (N-methyl/N-ethyl adjacent to an activating group) is 1. The van der Waals surface area contributed by atoms with Gasteiger partial charge in [-0.3, -0.25) is 4.99 Å². The number of hydrogen-bond acceptors (Lipinski definition) is 3. The summed E-state index contributed by atoms with van der Waals surface area (Å²) in [4.78, 5) is 7.83. The Bertz CT molecular complexity index is 491. The van der Waals surface area contributed by atoms with Gasteiger partial charge >= 0.3 is 0 Å². The van der Waals surface area contributed by atoms with Crippen LogP contribution in [0, 0.1) is 0 Å². The molecule has 2 aromatic heterocycles. The van der Waals surface area contributed by atoms with Gasteiger partial charge in [0.25, 0.3) is 0 Å². The van der Waals surface area contributed by atoms with E-state index in [1.165, 1.54) is 4.88 Å². The molecule has 102 valence electrons. The molecule has 0 aliphatic rings. The van der Waals surface area contributed by atoms with Crippen LogP contribution >= 0.6 is 11.3 Å². The van der Waals surface area contributed by atoms with Crippen LogP contribution in [-0.4, -0.2) is 31.5 Å². The second kappa shape index (κ2) is 6.99. The lowest BCUT2D eigenvalue weighted by Gasteiger charge is -2.21. The Morgan fingerprint density at radius 3 is 3.00 bits per heavy atom. The van der Waals surface area contributed by atoms with Crippen LogP contribution in [0.15, 0.2) is 45.5 Å². The van der Waals surface area contributed by atoms with Crippen molar-refractivity contribution >= 4 is 17.3 Å². The van der Waals surface area contributed by atoms with Crippen molar-refractivity contribution in [2.75, 3.05) is 20.6 Å². The molecule has 0 spiro atoms. The third kappa shape index (κ3) is 4.13. The van der Waals surface area contributed by atoms with Gasteiger partial charge in [0.2, 0.25) is 0 Å². The molecule has 19 heavy (non-hydrogen) atoms. The summed E-state index contributed by atoms with van der Waals surface area (Å²) in [5.41, 5.74) is 1.12. The van der Waals surface area contributed by atoms with Crippen LogP contribution in [0.3, 0.4) is 0 Å². The van der Waals surface area contributed by atoms with Crippen LogP contribution in [-0.2, 0) is 13.0 Å². The molecule has 2 rings (SSSR count). The highest BCUT2D eigenvalue weighted by Crippen LogP contribution is 2.09. The van der Waals surface area contributed by atoms with Crippen LogP contribution < -0.4 is 5.32 Å². The number of aliphatic imine (C=N–C) groups is 1. The third-order valence-electron chi connectivity index (χ3n) is 2.88. The molecule has 0 radical (unpaired) electrons. The lowest BCUT2D eigenvalue weighted by molar-refractivity contribution is 0.486. The average Bonchev–Trinajstić information content (AvgIpc) is 3.10. The summed E-state index contributed by atoms with van der Waals surface area (Å²) in [6, 6.07) is 6.21. The number of thiophene rings is 1. The molecular weight excluding hydrogens is 258 g/mol. The largest absolute Gasteiger partial charge is 0.472 e. The Kier molecular flexibility index (Phi) is 5.03. The van der Waals surface area contributed by atoms with E-state index in [1.807, 2.05) is 6.07 Å². The first kappa shape index (κ1) is 13.7. The van der Waals surface area contributed by atoms with Crippen molar-refractivity contribution in [3.63, 3.8) is 0 Å². The molecule has 0 bridgehead atoms. The fraction of sp³-hybridized carbons (Fsp3) is 0.357. The molecule has 5 heteroatoms. The molecule has 0 aromatic carbocycles. The summed E-state index contributed by atoms with van der Waals surface area (Å²) >= 11 is 1.80. The highest BCUT2D eigenvalue weighted by molar-refractivity contribution is 7.09. The molecule has 0 aliphatic carbocycles. The number of furan rings is 1. The molecule has 0 fully saturated rings. The lowest BCUT2D eigenvalue weighted by atomic mass is 10.3. The van der Waals surface area contributed by atoms with E-state index in [4.69, 9.17) is 4.42 Å². The fourth-order valence-corrected chi connectivity index (χ4v) is 2.50. The van der Waals surface area contributed by atoms with Crippen LogP contribution in [0.25, 0.3) is 0 Å². The van der Waals surface area contributed by atoms with Gasteiger partial charge in [-0.2, -0.15) is 0 Å². The zero-order valence-corrected chi connectivity index (χ0v) is 12.1. The molecule has 1 N–H and O–H groups in total. The highest BCUT2D eigenvalue weighted by atomic mass is 32.1. The molecule has 2 aromatic rings. The van der Waals surface area contributed by atoms with E-state index in [-0.39, 0.29) is 0 Å². The molecule has 0 atom stereocenters. The number of rotatable bonds is 5. The Labute approximate surface area is 117 Å². The van der Waals surface area contributed by atoms with Gasteiger partial charge < -0.3 is 14.6 Å². The van der Waals surface area contributed by atoms with Crippen molar-refractivity contribution in [2.24, 2.45) is 4.99 Å². The molecule has 0 unspecified atom stereocenters. The normalized spacial score (nSPS) is 11.6. The van der Waals surface area contributed by atoms with E-state index >= 15 is 0 Å². The molecule has 0 saturated heterocycles. The lowest BCUT2D eigenvalue weighted by Crippen LogP contribution is -2.39. The second-order valence-electron chi connectivity index (χ2n) is 4.28. The van der Waals surface area contributed by atoms with E-state index in [0.717, 1.165) is 31.0 Å². The maximum absolute atomic E-state index is 5.05. The Hall–Kier alpha value is -1.75.